The number of para-hydroxylation sites is 1. The Morgan fingerprint density at radius 2 is 1.89 bits per heavy atom. The Kier molecular flexibility index (Phi) is 5.48. The predicted octanol–water partition coefficient (Wildman–Crippen LogP) is 3.90. The van der Waals surface area contributed by atoms with Crippen molar-refractivity contribution < 1.29 is 13.3 Å². The molecule has 0 radical (unpaired) electrons. The second kappa shape index (κ2) is 7.98. The average Bonchev–Trinajstić information content (AvgIpc) is 3.15. The fourth-order valence-electron chi connectivity index (χ4n) is 2.17. The summed E-state index contributed by atoms with van der Waals surface area (Å²) < 4.78 is 27.3. The minimum absolute atomic E-state index is 0.0881. The first-order chi connectivity index (χ1) is 13.0. The Bertz CT molecular complexity index is 1070. The largest absolute Gasteiger partial charge is 0.295 e. The fraction of sp³-hybridized carbons (Fsp3) is 0. The number of hydrogen-bond acceptors (Lipinski definition) is 7. The van der Waals surface area contributed by atoms with Crippen LogP contribution in [0.5, 0.6) is 0 Å². The van der Waals surface area contributed by atoms with E-state index in [0.717, 1.165) is 11.6 Å². The highest BCUT2D eigenvalue weighted by Gasteiger charge is 2.21. The van der Waals surface area contributed by atoms with Crippen molar-refractivity contribution in [1.29, 1.82) is 0 Å². The lowest BCUT2D eigenvalue weighted by Gasteiger charge is -2.09. The molecular formula is C17H14N4O4S2. The molecule has 1 aromatic heterocycles. The van der Waals surface area contributed by atoms with E-state index in [4.69, 9.17) is 0 Å². The third kappa shape index (κ3) is 4.68. The average molecular weight is 402 g/mol. The van der Waals surface area contributed by atoms with E-state index in [1.165, 1.54) is 29.7 Å². The highest BCUT2D eigenvalue weighted by Crippen LogP contribution is 2.28. The molecule has 0 saturated heterocycles. The summed E-state index contributed by atoms with van der Waals surface area (Å²) in [6.07, 6.45) is 1.52. The SMILES string of the molecule is O=[N+]([O-])c1cc(S(=O)(=O)Nc2ccccc2)ccc1N/N=C\c1ccsc1. The van der Waals surface area contributed by atoms with Crippen molar-refractivity contribution in [2.75, 3.05) is 10.1 Å². The number of nitrogens with one attached hydrogen (secondary N) is 2. The molecule has 0 spiro atoms. The molecule has 1 heterocycles. The van der Waals surface area contributed by atoms with Crippen LogP contribution >= 0.6 is 11.3 Å². The Labute approximate surface area is 159 Å². The lowest BCUT2D eigenvalue weighted by molar-refractivity contribution is -0.384. The lowest BCUT2D eigenvalue weighted by Crippen LogP contribution is -2.13. The molecule has 0 bridgehead atoms. The second-order valence-electron chi connectivity index (χ2n) is 5.33. The topological polar surface area (TPSA) is 114 Å². The number of rotatable bonds is 7. The number of nitro benzene ring substituents is 1. The molecule has 0 fully saturated rings. The fourth-order valence-corrected chi connectivity index (χ4v) is 3.86. The zero-order chi connectivity index (χ0) is 19.3. The van der Waals surface area contributed by atoms with Crippen molar-refractivity contribution in [1.82, 2.24) is 0 Å². The molecule has 0 aliphatic heterocycles. The molecule has 10 heteroatoms. The monoisotopic (exact) mass is 402 g/mol. The molecule has 0 aliphatic carbocycles. The van der Waals surface area contributed by atoms with Gasteiger partial charge in [-0.1, -0.05) is 18.2 Å². The van der Waals surface area contributed by atoms with Crippen molar-refractivity contribution in [3.63, 3.8) is 0 Å². The number of nitrogens with zero attached hydrogens (tertiary/aromatic N) is 2. The van der Waals surface area contributed by atoms with Gasteiger partial charge in [0.25, 0.3) is 15.7 Å². The van der Waals surface area contributed by atoms with Gasteiger partial charge in [0.15, 0.2) is 0 Å². The van der Waals surface area contributed by atoms with Crippen LogP contribution in [0.15, 0.2) is 75.4 Å². The van der Waals surface area contributed by atoms with Crippen molar-refractivity contribution in [3.8, 4) is 0 Å². The Morgan fingerprint density at radius 3 is 2.56 bits per heavy atom. The number of hydrazone groups is 1. The van der Waals surface area contributed by atoms with Crippen molar-refractivity contribution in [3.05, 3.63) is 81.0 Å². The highest BCUT2D eigenvalue weighted by atomic mass is 32.2. The summed E-state index contributed by atoms with van der Waals surface area (Å²) in [4.78, 5) is 10.5. The van der Waals surface area contributed by atoms with Crippen LogP contribution in [0.25, 0.3) is 0 Å². The van der Waals surface area contributed by atoms with Gasteiger partial charge in [0.1, 0.15) is 5.69 Å². The van der Waals surface area contributed by atoms with Gasteiger partial charge in [0.2, 0.25) is 0 Å². The summed E-state index contributed by atoms with van der Waals surface area (Å²) in [5.74, 6) is 0. The van der Waals surface area contributed by atoms with Crippen molar-refractivity contribution in [2.24, 2.45) is 5.10 Å². The molecule has 2 aromatic carbocycles. The van der Waals surface area contributed by atoms with Crippen LogP contribution < -0.4 is 10.1 Å². The molecular weight excluding hydrogens is 388 g/mol. The normalized spacial score (nSPS) is 11.4. The molecule has 2 N–H and O–H groups in total. The van der Waals surface area contributed by atoms with E-state index in [2.05, 4.69) is 15.2 Å². The molecule has 0 atom stereocenters. The number of sulfonamides is 1. The number of benzene rings is 2. The third-order valence-electron chi connectivity index (χ3n) is 3.44. The van der Waals surface area contributed by atoms with E-state index in [0.29, 0.717) is 5.69 Å². The first-order valence-electron chi connectivity index (χ1n) is 7.63. The quantitative estimate of drug-likeness (QED) is 0.353. The first-order valence-corrected chi connectivity index (χ1v) is 10.1. The smallest absolute Gasteiger partial charge is 0.280 e. The van der Waals surface area contributed by atoms with E-state index in [9.17, 15) is 18.5 Å². The predicted molar refractivity (Wildman–Crippen MR) is 106 cm³/mol. The van der Waals surface area contributed by atoms with E-state index in [-0.39, 0.29) is 10.6 Å². The van der Waals surface area contributed by atoms with Gasteiger partial charge >= 0.3 is 0 Å². The third-order valence-corrected chi connectivity index (χ3v) is 5.52. The number of nitro groups is 1. The molecule has 3 aromatic rings. The van der Waals surface area contributed by atoms with Gasteiger partial charge in [-0.15, -0.1) is 0 Å². The van der Waals surface area contributed by atoms with Crippen LogP contribution in [0.2, 0.25) is 0 Å². The van der Waals surface area contributed by atoms with Crippen molar-refractivity contribution in [2.45, 2.75) is 4.90 Å². The number of hydrogen-bond donors (Lipinski definition) is 2. The van der Waals surface area contributed by atoms with Crippen LogP contribution in [0.4, 0.5) is 17.1 Å². The van der Waals surface area contributed by atoms with E-state index >= 15 is 0 Å². The van der Waals surface area contributed by atoms with Gasteiger partial charge in [-0.05, 0) is 41.1 Å². The van der Waals surface area contributed by atoms with Gasteiger partial charge in [-0.3, -0.25) is 20.3 Å². The number of anilines is 2. The summed E-state index contributed by atoms with van der Waals surface area (Å²) in [6, 6.07) is 13.7. The Balaban J connectivity index is 1.85. The molecule has 27 heavy (non-hydrogen) atoms. The zero-order valence-electron chi connectivity index (χ0n) is 13.8. The first kappa shape index (κ1) is 18.5. The molecule has 0 unspecified atom stereocenters. The Morgan fingerprint density at radius 1 is 1.11 bits per heavy atom. The lowest BCUT2D eigenvalue weighted by atomic mass is 10.3. The van der Waals surface area contributed by atoms with E-state index in [1.54, 1.807) is 30.3 Å². The van der Waals surface area contributed by atoms with Crippen LogP contribution in [0.3, 0.4) is 0 Å². The summed E-state index contributed by atoms with van der Waals surface area (Å²) >= 11 is 1.50. The molecule has 3 rings (SSSR count). The minimum atomic E-state index is -3.96. The molecule has 0 saturated carbocycles. The summed E-state index contributed by atoms with van der Waals surface area (Å²) in [5, 5.41) is 19.0. The summed E-state index contributed by atoms with van der Waals surface area (Å²) in [7, 11) is -3.96. The standard InChI is InChI=1S/C17H14N4O4S2/c22-21(23)17-10-15(27(24,25)20-14-4-2-1-3-5-14)6-7-16(17)19-18-11-13-8-9-26-12-13/h1-12,19-20H/b18-11-. The number of thiophene rings is 1. The summed E-state index contributed by atoms with van der Waals surface area (Å²) in [6.45, 7) is 0. The highest BCUT2D eigenvalue weighted by molar-refractivity contribution is 7.92. The van der Waals surface area contributed by atoms with Gasteiger partial charge in [0.05, 0.1) is 16.0 Å². The van der Waals surface area contributed by atoms with Crippen LogP contribution in [0, 0.1) is 10.1 Å². The van der Waals surface area contributed by atoms with Gasteiger partial charge < -0.3 is 0 Å². The maximum Gasteiger partial charge on any atom is 0.295 e. The molecule has 0 aliphatic rings. The maximum absolute atomic E-state index is 12.5. The van der Waals surface area contributed by atoms with Gasteiger partial charge in [0, 0.05) is 17.3 Å². The van der Waals surface area contributed by atoms with Crippen LogP contribution in [-0.4, -0.2) is 19.6 Å². The summed E-state index contributed by atoms with van der Waals surface area (Å²) in [5.41, 5.74) is 3.48. The van der Waals surface area contributed by atoms with E-state index in [1.807, 2.05) is 16.8 Å². The Hall–Kier alpha value is -3.24. The van der Waals surface area contributed by atoms with E-state index < -0.39 is 20.6 Å². The van der Waals surface area contributed by atoms with Crippen LogP contribution in [-0.2, 0) is 10.0 Å². The molecule has 138 valence electrons. The maximum atomic E-state index is 12.5. The second-order valence-corrected chi connectivity index (χ2v) is 7.80. The van der Waals surface area contributed by atoms with Crippen LogP contribution in [0.1, 0.15) is 5.56 Å². The zero-order valence-corrected chi connectivity index (χ0v) is 15.4. The minimum Gasteiger partial charge on any atom is -0.280 e. The molecule has 0 amide bonds. The van der Waals surface area contributed by atoms with Gasteiger partial charge in [-0.25, -0.2) is 8.42 Å². The van der Waals surface area contributed by atoms with Gasteiger partial charge in [-0.2, -0.15) is 16.4 Å². The van der Waals surface area contributed by atoms with Crippen molar-refractivity contribution >= 4 is 44.6 Å². The molecule has 8 nitrogen and oxygen atoms in total.